The molecule has 1 fully saturated rings. The molecule has 1 aliphatic rings. The van der Waals surface area contributed by atoms with Crippen LogP contribution in [0.1, 0.15) is 44.4 Å². The molecule has 3 heteroatoms. The standard InChI is InChI=1S/C11H19N3/c1-6-9(13-14-10(6)12)7-5-8(7)11(2,3)4/h7-8H,5H2,1-4H3,(H3,12,13,14). The molecule has 0 bridgehead atoms. The first-order valence-corrected chi connectivity index (χ1v) is 5.21. The van der Waals surface area contributed by atoms with Gasteiger partial charge in [0.2, 0.25) is 0 Å². The van der Waals surface area contributed by atoms with E-state index in [0.717, 1.165) is 11.5 Å². The second-order valence-electron chi connectivity index (χ2n) is 5.46. The molecule has 0 radical (unpaired) electrons. The van der Waals surface area contributed by atoms with E-state index in [1.807, 2.05) is 6.92 Å². The molecule has 0 spiro atoms. The molecular weight excluding hydrogens is 174 g/mol. The van der Waals surface area contributed by atoms with Crippen LogP contribution >= 0.6 is 0 Å². The fourth-order valence-corrected chi connectivity index (χ4v) is 2.26. The van der Waals surface area contributed by atoms with Gasteiger partial charge in [0.1, 0.15) is 5.82 Å². The number of nitrogen functional groups attached to an aromatic ring is 1. The van der Waals surface area contributed by atoms with E-state index >= 15 is 0 Å². The molecule has 2 rings (SSSR count). The Morgan fingerprint density at radius 2 is 2.07 bits per heavy atom. The van der Waals surface area contributed by atoms with Gasteiger partial charge in [-0.25, -0.2) is 0 Å². The van der Waals surface area contributed by atoms with Crippen molar-refractivity contribution in [3.8, 4) is 0 Å². The first-order valence-electron chi connectivity index (χ1n) is 5.21. The zero-order valence-corrected chi connectivity index (χ0v) is 9.39. The van der Waals surface area contributed by atoms with Crippen molar-refractivity contribution in [1.82, 2.24) is 10.2 Å². The van der Waals surface area contributed by atoms with Crippen molar-refractivity contribution in [3.05, 3.63) is 11.3 Å². The molecule has 1 aromatic heterocycles. The topological polar surface area (TPSA) is 54.7 Å². The number of aromatic amines is 1. The summed E-state index contributed by atoms with van der Waals surface area (Å²) in [7, 11) is 0. The van der Waals surface area contributed by atoms with Gasteiger partial charge in [0.15, 0.2) is 0 Å². The maximum Gasteiger partial charge on any atom is 0.148 e. The third-order valence-corrected chi connectivity index (χ3v) is 3.36. The molecule has 1 saturated carbocycles. The van der Waals surface area contributed by atoms with Gasteiger partial charge in [-0.3, -0.25) is 5.10 Å². The van der Waals surface area contributed by atoms with Crippen LogP contribution in [0.15, 0.2) is 0 Å². The van der Waals surface area contributed by atoms with Crippen molar-refractivity contribution in [2.45, 2.75) is 40.0 Å². The van der Waals surface area contributed by atoms with Crippen LogP contribution in [0.2, 0.25) is 0 Å². The predicted molar refractivity (Wildman–Crippen MR) is 58.0 cm³/mol. The van der Waals surface area contributed by atoms with Crippen LogP contribution < -0.4 is 5.73 Å². The van der Waals surface area contributed by atoms with E-state index in [2.05, 4.69) is 31.0 Å². The molecule has 78 valence electrons. The zero-order chi connectivity index (χ0) is 10.5. The van der Waals surface area contributed by atoms with Crippen LogP contribution in [0.5, 0.6) is 0 Å². The quantitative estimate of drug-likeness (QED) is 0.719. The summed E-state index contributed by atoms with van der Waals surface area (Å²) >= 11 is 0. The average Bonchev–Trinajstić information content (AvgIpc) is 2.77. The zero-order valence-electron chi connectivity index (χ0n) is 9.39. The number of hydrogen-bond acceptors (Lipinski definition) is 2. The van der Waals surface area contributed by atoms with Crippen LogP contribution in [0, 0.1) is 18.3 Å². The number of nitrogens with one attached hydrogen (secondary N) is 1. The normalized spacial score (nSPS) is 26.6. The van der Waals surface area contributed by atoms with E-state index < -0.39 is 0 Å². The number of hydrogen-bond donors (Lipinski definition) is 2. The molecule has 1 heterocycles. The molecule has 1 aliphatic carbocycles. The molecule has 0 amide bonds. The summed E-state index contributed by atoms with van der Waals surface area (Å²) in [4.78, 5) is 0. The Hall–Kier alpha value is -0.990. The van der Waals surface area contributed by atoms with Crippen molar-refractivity contribution >= 4 is 5.82 Å². The molecule has 0 aromatic carbocycles. The Morgan fingerprint density at radius 1 is 1.43 bits per heavy atom. The Labute approximate surface area is 85.1 Å². The van der Waals surface area contributed by atoms with Crippen LogP contribution in [0.3, 0.4) is 0 Å². The first-order chi connectivity index (χ1) is 6.41. The third-order valence-electron chi connectivity index (χ3n) is 3.36. The molecule has 3 N–H and O–H groups in total. The molecule has 14 heavy (non-hydrogen) atoms. The number of rotatable bonds is 1. The monoisotopic (exact) mass is 193 g/mol. The highest BCUT2D eigenvalue weighted by atomic mass is 15.2. The molecular formula is C11H19N3. The van der Waals surface area contributed by atoms with E-state index in [1.165, 1.54) is 12.1 Å². The third kappa shape index (κ3) is 1.41. The Bertz CT molecular complexity index is 346. The number of nitrogens with two attached hydrogens (primary N) is 1. The molecule has 3 nitrogen and oxygen atoms in total. The average molecular weight is 193 g/mol. The minimum atomic E-state index is 0.400. The van der Waals surface area contributed by atoms with Gasteiger partial charge in [0.05, 0.1) is 0 Å². The van der Waals surface area contributed by atoms with Gasteiger partial charge >= 0.3 is 0 Å². The van der Waals surface area contributed by atoms with Gasteiger partial charge in [-0.15, -0.1) is 0 Å². The molecule has 0 saturated heterocycles. The highest BCUT2D eigenvalue weighted by molar-refractivity contribution is 5.43. The van der Waals surface area contributed by atoms with E-state index in [9.17, 15) is 0 Å². The summed E-state index contributed by atoms with van der Waals surface area (Å²) < 4.78 is 0. The smallest absolute Gasteiger partial charge is 0.148 e. The largest absolute Gasteiger partial charge is 0.382 e. The van der Waals surface area contributed by atoms with Crippen LogP contribution in [-0.4, -0.2) is 10.2 Å². The second kappa shape index (κ2) is 2.75. The first kappa shape index (κ1) is 9.56. The van der Waals surface area contributed by atoms with Gasteiger partial charge in [0.25, 0.3) is 0 Å². The summed E-state index contributed by atoms with van der Waals surface area (Å²) in [6.07, 6.45) is 1.27. The van der Waals surface area contributed by atoms with E-state index in [0.29, 0.717) is 17.2 Å². The number of H-pyrrole nitrogens is 1. The number of aromatic nitrogens is 2. The fraction of sp³-hybridized carbons (Fsp3) is 0.727. The van der Waals surface area contributed by atoms with Crippen LogP contribution in [0.4, 0.5) is 5.82 Å². The number of nitrogens with zero attached hydrogens (tertiary/aromatic N) is 1. The molecule has 0 aliphatic heterocycles. The lowest BCUT2D eigenvalue weighted by Crippen LogP contribution is -2.09. The minimum Gasteiger partial charge on any atom is -0.382 e. The molecule has 1 aromatic rings. The summed E-state index contributed by atoms with van der Waals surface area (Å²) in [5.41, 5.74) is 8.51. The summed E-state index contributed by atoms with van der Waals surface area (Å²) in [5.74, 6) is 2.08. The lowest BCUT2D eigenvalue weighted by atomic mass is 9.88. The van der Waals surface area contributed by atoms with Gasteiger partial charge in [-0.1, -0.05) is 20.8 Å². The van der Waals surface area contributed by atoms with Crippen molar-refractivity contribution in [3.63, 3.8) is 0 Å². The van der Waals surface area contributed by atoms with E-state index in [-0.39, 0.29) is 0 Å². The number of anilines is 1. The summed E-state index contributed by atoms with van der Waals surface area (Å²) in [5, 5.41) is 7.11. The van der Waals surface area contributed by atoms with E-state index in [1.54, 1.807) is 0 Å². The van der Waals surface area contributed by atoms with Crippen molar-refractivity contribution in [2.75, 3.05) is 5.73 Å². The fourth-order valence-electron chi connectivity index (χ4n) is 2.26. The van der Waals surface area contributed by atoms with Gasteiger partial charge in [-0.2, -0.15) is 5.10 Å². The lowest BCUT2D eigenvalue weighted by Gasteiger charge is -2.17. The van der Waals surface area contributed by atoms with Crippen molar-refractivity contribution < 1.29 is 0 Å². The lowest BCUT2D eigenvalue weighted by molar-refractivity contribution is 0.342. The van der Waals surface area contributed by atoms with Gasteiger partial charge in [0, 0.05) is 17.2 Å². The highest BCUT2D eigenvalue weighted by Gasteiger charge is 2.47. The highest BCUT2D eigenvalue weighted by Crippen LogP contribution is 2.57. The van der Waals surface area contributed by atoms with Gasteiger partial charge < -0.3 is 5.73 Å². The second-order valence-corrected chi connectivity index (χ2v) is 5.46. The predicted octanol–water partition coefficient (Wildman–Crippen LogP) is 2.45. The van der Waals surface area contributed by atoms with Crippen molar-refractivity contribution in [1.29, 1.82) is 0 Å². The van der Waals surface area contributed by atoms with Gasteiger partial charge in [-0.05, 0) is 24.7 Å². The summed E-state index contributed by atoms with van der Waals surface area (Å²) in [6, 6.07) is 0. The van der Waals surface area contributed by atoms with E-state index in [4.69, 9.17) is 5.73 Å². The van der Waals surface area contributed by atoms with Crippen molar-refractivity contribution in [2.24, 2.45) is 11.3 Å². The Balaban J connectivity index is 2.18. The molecule has 2 unspecified atom stereocenters. The maximum atomic E-state index is 5.72. The van der Waals surface area contributed by atoms with Crippen LogP contribution in [-0.2, 0) is 0 Å². The SMILES string of the molecule is Cc1c(N)n[nH]c1C1CC1C(C)(C)C. The minimum absolute atomic E-state index is 0.400. The Kier molecular flexibility index (Phi) is 1.88. The van der Waals surface area contributed by atoms with Crippen LogP contribution in [0.25, 0.3) is 0 Å². The molecule has 2 atom stereocenters. The maximum absolute atomic E-state index is 5.72. The Morgan fingerprint density at radius 3 is 2.43 bits per heavy atom. The summed E-state index contributed by atoms with van der Waals surface area (Å²) in [6.45, 7) is 8.94.